The van der Waals surface area contributed by atoms with Gasteiger partial charge in [0.25, 0.3) is 0 Å². The van der Waals surface area contributed by atoms with Crippen molar-refractivity contribution in [3.8, 4) is 0 Å². The van der Waals surface area contributed by atoms with Crippen molar-refractivity contribution >= 4 is 6.03 Å². The summed E-state index contributed by atoms with van der Waals surface area (Å²) < 4.78 is 0. The van der Waals surface area contributed by atoms with Crippen LogP contribution in [-0.2, 0) is 0 Å². The minimum absolute atomic E-state index is 0.325. The highest BCUT2D eigenvalue weighted by molar-refractivity contribution is 5.74. The highest BCUT2D eigenvalue weighted by Gasteiger charge is 2.34. The SMILES string of the molecule is O=C(N1CCCC1)N1CCC2CCCCC2C1. The van der Waals surface area contributed by atoms with Gasteiger partial charge in [-0.3, -0.25) is 0 Å². The number of carbonyl (C=O) groups excluding carboxylic acids is 1. The van der Waals surface area contributed by atoms with Crippen molar-refractivity contribution in [1.82, 2.24) is 9.80 Å². The fourth-order valence-corrected chi connectivity index (χ4v) is 3.88. The standard InChI is InChI=1S/C14H24N2O/c17-14(15-8-3-4-9-15)16-10-7-12-5-1-2-6-13(12)11-16/h12-13H,1-11H2. The van der Waals surface area contributed by atoms with Gasteiger partial charge in [0.1, 0.15) is 0 Å². The second kappa shape index (κ2) is 4.87. The van der Waals surface area contributed by atoms with E-state index in [2.05, 4.69) is 9.80 Å². The molecule has 1 aliphatic carbocycles. The molecule has 3 aliphatic rings. The van der Waals surface area contributed by atoms with E-state index in [1.807, 2.05) is 0 Å². The lowest BCUT2D eigenvalue weighted by Gasteiger charge is -2.42. The minimum Gasteiger partial charge on any atom is -0.325 e. The molecule has 1 saturated carbocycles. The van der Waals surface area contributed by atoms with Crippen LogP contribution in [0.5, 0.6) is 0 Å². The molecule has 0 N–H and O–H groups in total. The number of nitrogens with zero attached hydrogens (tertiary/aromatic N) is 2. The summed E-state index contributed by atoms with van der Waals surface area (Å²) in [5.74, 6) is 1.73. The maximum atomic E-state index is 12.3. The van der Waals surface area contributed by atoms with E-state index in [1.54, 1.807) is 0 Å². The summed E-state index contributed by atoms with van der Waals surface area (Å²) >= 11 is 0. The Hall–Kier alpha value is -0.730. The first-order valence-corrected chi connectivity index (χ1v) is 7.38. The van der Waals surface area contributed by atoms with E-state index >= 15 is 0 Å². The largest absolute Gasteiger partial charge is 0.325 e. The molecule has 2 aliphatic heterocycles. The van der Waals surface area contributed by atoms with Crippen molar-refractivity contribution in [2.24, 2.45) is 11.8 Å². The summed E-state index contributed by atoms with van der Waals surface area (Å²) in [6.07, 6.45) is 9.22. The molecular formula is C14H24N2O. The topological polar surface area (TPSA) is 23.6 Å². The lowest BCUT2D eigenvalue weighted by Crippen LogP contribution is -2.49. The van der Waals surface area contributed by atoms with Crippen molar-refractivity contribution in [3.05, 3.63) is 0 Å². The fourth-order valence-electron chi connectivity index (χ4n) is 3.88. The predicted molar refractivity (Wildman–Crippen MR) is 67.8 cm³/mol. The molecular weight excluding hydrogens is 212 g/mol. The molecule has 3 rings (SSSR count). The molecule has 0 aromatic carbocycles. The number of hydrogen-bond donors (Lipinski definition) is 0. The van der Waals surface area contributed by atoms with Gasteiger partial charge in [-0.05, 0) is 37.5 Å². The van der Waals surface area contributed by atoms with Crippen molar-refractivity contribution < 1.29 is 4.79 Å². The molecule has 96 valence electrons. The Bertz CT molecular complexity index is 286. The molecule has 2 unspecified atom stereocenters. The number of amides is 2. The van der Waals surface area contributed by atoms with Crippen LogP contribution in [-0.4, -0.2) is 42.0 Å². The number of likely N-dealkylation sites (tertiary alicyclic amines) is 2. The Morgan fingerprint density at radius 2 is 1.47 bits per heavy atom. The summed E-state index contributed by atoms with van der Waals surface area (Å²) in [6, 6.07) is 0.325. The van der Waals surface area contributed by atoms with Crippen LogP contribution in [0, 0.1) is 11.8 Å². The summed E-state index contributed by atoms with van der Waals surface area (Å²) in [5.41, 5.74) is 0. The average molecular weight is 236 g/mol. The van der Waals surface area contributed by atoms with Gasteiger partial charge in [0.15, 0.2) is 0 Å². The lowest BCUT2D eigenvalue weighted by molar-refractivity contribution is 0.0872. The van der Waals surface area contributed by atoms with Crippen LogP contribution in [0.15, 0.2) is 0 Å². The van der Waals surface area contributed by atoms with Gasteiger partial charge in [-0.2, -0.15) is 0 Å². The van der Waals surface area contributed by atoms with E-state index in [-0.39, 0.29) is 0 Å². The molecule has 0 bridgehead atoms. The number of piperidine rings is 1. The molecule has 2 saturated heterocycles. The maximum Gasteiger partial charge on any atom is 0.320 e. The molecule has 3 fully saturated rings. The van der Waals surface area contributed by atoms with Gasteiger partial charge in [0, 0.05) is 26.2 Å². The monoisotopic (exact) mass is 236 g/mol. The predicted octanol–water partition coefficient (Wildman–Crippen LogP) is 2.71. The van der Waals surface area contributed by atoms with Crippen LogP contribution < -0.4 is 0 Å². The average Bonchev–Trinajstić information content (AvgIpc) is 2.91. The Morgan fingerprint density at radius 3 is 2.24 bits per heavy atom. The number of carbonyl (C=O) groups is 1. The molecule has 3 heteroatoms. The third kappa shape index (κ3) is 2.29. The number of urea groups is 1. The van der Waals surface area contributed by atoms with E-state index in [4.69, 9.17) is 0 Å². The van der Waals surface area contributed by atoms with Gasteiger partial charge < -0.3 is 9.80 Å². The summed E-state index contributed by atoms with van der Waals surface area (Å²) in [5, 5.41) is 0. The van der Waals surface area contributed by atoms with Crippen molar-refractivity contribution in [1.29, 1.82) is 0 Å². The number of rotatable bonds is 0. The Morgan fingerprint density at radius 1 is 0.765 bits per heavy atom. The van der Waals surface area contributed by atoms with E-state index < -0.39 is 0 Å². The Balaban J connectivity index is 1.59. The molecule has 0 aromatic rings. The zero-order valence-corrected chi connectivity index (χ0v) is 10.7. The quantitative estimate of drug-likeness (QED) is 0.634. The Labute approximate surface area is 104 Å². The van der Waals surface area contributed by atoms with Gasteiger partial charge >= 0.3 is 6.03 Å². The van der Waals surface area contributed by atoms with E-state index in [1.165, 1.54) is 44.9 Å². The van der Waals surface area contributed by atoms with E-state index in [9.17, 15) is 4.79 Å². The van der Waals surface area contributed by atoms with Crippen LogP contribution >= 0.6 is 0 Å². The first kappa shape index (κ1) is 11.4. The Kier molecular flexibility index (Phi) is 3.26. The minimum atomic E-state index is 0.325. The maximum absolute atomic E-state index is 12.3. The fraction of sp³-hybridized carbons (Fsp3) is 0.929. The smallest absolute Gasteiger partial charge is 0.320 e. The summed E-state index contributed by atoms with van der Waals surface area (Å²) in [7, 11) is 0. The summed E-state index contributed by atoms with van der Waals surface area (Å²) in [4.78, 5) is 16.5. The zero-order chi connectivity index (χ0) is 11.7. The van der Waals surface area contributed by atoms with Crippen LogP contribution in [0.1, 0.15) is 44.9 Å². The first-order valence-electron chi connectivity index (χ1n) is 7.38. The number of fused-ring (bicyclic) bond motifs is 1. The van der Waals surface area contributed by atoms with Crippen LogP contribution in [0.25, 0.3) is 0 Å². The van der Waals surface area contributed by atoms with E-state index in [0.717, 1.165) is 38.0 Å². The second-order valence-electron chi connectivity index (χ2n) is 6.02. The van der Waals surface area contributed by atoms with Gasteiger partial charge in [-0.25, -0.2) is 4.79 Å². The molecule has 2 heterocycles. The van der Waals surface area contributed by atoms with E-state index in [0.29, 0.717) is 6.03 Å². The molecule has 0 aromatic heterocycles. The molecule has 0 spiro atoms. The van der Waals surface area contributed by atoms with Gasteiger partial charge in [-0.1, -0.05) is 19.3 Å². The van der Waals surface area contributed by atoms with Gasteiger partial charge in [0.05, 0.1) is 0 Å². The van der Waals surface area contributed by atoms with Crippen molar-refractivity contribution in [3.63, 3.8) is 0 Å². The third-order valence-corrected chi connectivity index (χ3v) is 4.94. The van der Waals surface area contributed by atoms with Gasteiger partial charge in [0.2, 0.25) is 0 Å². The highest BCUT2D eigenvalue weighted by atomic mass is 16.2. The van der Waals surface area contributed by atoms with Crippen LogP contribution in [0.3, 0.4) is 0 Å². The second-order valence-corrected chi connectivity index (χ2v) is 6.02. The number of hydrogen-bond acceptors (Lipinski definition) is 1. The summed E-state index contributed by atoms with van der Waals surface area (Å²) in [6.45, 7) is 4.03. The van der Waals surface area contributed by atoms with Gasteiger partial charge in [-0.15, -0.1) is 0 Å². The third-order valence-electron chi connectivity index (χ3n) is 4.94. The van der Waals surface area contributed by atoms with Crippen molar-refractivity contribution in [2.45, 2.75) is 44.9 Å². The lowest BCUT2D eigenvalue weighted by atomic mass is 9.75. The highest BCUT2D eigenvalue weighted by Crippen LogP contribution is 2.36. The molecule has 17 heavy (non-hydrogen) atoms. The zero-order valence-electron chi connectivity index (χ0n) is 10.7. The van der Waals surface area contributed by atoms with Crippen LogP contribution in [0.2, 0.25) is 0 Å². The normalized spacial score (nSPS) is 33.6. The molecule has 3 nitrogen and oxygen atoms in total. The molecule has 2 amide bonds. The first-order chi connectivity index (χ1) is 8.34. The van der Waals surface area contributed by atoms with Crippen molar-refractivity contribution in [2.75, 3.05) is 26.2 Å². The molecule has 2 atom stereocenters. The van der Waals surface area contributed by atoms with Crippen LogP contribution in [0.4, 0.5) is 4.79 Å². The molecule has 0 radical (unpaired) electrons.